The number of hydrogen-bond acceptors (Lipinski definition) is 12. The van der Waals surface area contributed by atoms with Gasteiger partial charge in [-0.05, 0) is 37.2 Å². The highest BCUT2D eigenvalue weighted by atomic mass is 16.7. The molecule has 40 heavy (non-hydrogen) atoms. The number of hydrogen-bond donors (Lipinski definition) is 2. The fourth-order valence-corrected chi connectivity index (χ4v) is 5.23. The third-order valence-corrected chi connectivity index (χ3v) is 7.51. The Morgan fingerprint density at radius 1 is 0.975 bits per heavy atom. The first-order chi connectivity index (χ1) is 19.6. The summed E-state index contributed by atoms with van der Waals surface area (Å²) < 4.78 is 5.50. The van der Waals surface area contributed by atoms with Gasteiger partial charge < -0.3 is 30.0 Å². The number of nitrogen functional groups attached to an aromatic ring is 1. The zero-order chi connectivity index (χ0) is 27.5. The number of benzene rings is 1. The Morgan fingerprint density at radius 3 is 2.40 bits per heavy atom. The molecule has 2 aromatic heterocycles. The molecule has 2 fully saturated rings. The van der Waals surface area contributed by atoms with Gasteiger partial charge in [0.1, 0.15) is 0 Å². The van der Waals surface area contributed by atoms with Gasteiger partial charge in [0, 0.05) is 74.2 Å². The van der Waals surface area contributed by atoms with Crippen molar-refractivity contribution in [1.29, 1.82) is 0 Å². The third kappa shape index (κ3) is 5.56. The maximum Gasteiger partial charge on any atom is 0.436 e. The molecule has 1 amide bonds. The normalized spacial score (nSPS) is 17.6. The first kappa shape index (κ1) is 26.0. The number of nitrogens with zero attached hydrogens (tertiary/aromatic N) is 8. The minimum absolute atomic E-state index is 0.191. The average molecular weight is 547 g/mol. The summed E-state index contributed by atoms with van der Waals surface area (Å²) in [6.45, 7) is 10.4. The molecule has 3 aliphatic rings. The highest BCUT2D eigenvalue weighted by molar-refractivity contribution is 5.86. The van der Waals surface area contributed by atoms with E-state index in [1.807, 2.05) is 24.3 Å². The summed E-state index contributed by atoms with van der Waals surface area (Å²) in [5.74, 6) is 1.29. The predicted molar refractivity (Wildman–Crippen MR) is 152 cm³/mol. The van der Waals surface area contributed by atoms with Gasteiger partial charge in [-0.1, -0.05) is 6.92 Å². The molecule has 0 aliphatic carbocycles. The van der Waals surface area contributed by atoms with Crippen LogP contribution in [0.2, 0.25) is 0 Å². The number of rotatable bonds is 6. The lowest BCUT2D eigenvalue weighted by molar-refractivity contribution is 0.122. The second kappa shape index (κ2) is 11.5. The van der Waals surface area contributed by atoms with Crippen LogP contribution in [-0.4, -0.2) is 96.5 Å². The number of amides is 1. The first-order valence-electron chi connectivity index (χ1n) is 13.7. The van der Waals surface area contributed by atoms with Crippen LogP contribution < -0.4 is 25.9 Å². The molecular formula is C27H34N10O3. The van der Waals surface area contributed by atoms with Gasteiger partial charge in [-0.25, -0.2) is 19.7 Å². The summed E-state index contributed by atoms with van der Waals surface area (Å²) in [7, 11) is 0. The van der Waals surface area contributed by atoms with Crippen LogP contribution in [0.1, 0.15) is 12.5 Å². The van der Waals surface area contributed by atoms with Crippen LogP contribution >= 0.6 is 0 Å². The Bertz CT molecular complexity index is 1320. The van der Waals surface area contributed by atoms with Crippen LogP contribution in [0.5, 0.6) is 0 Å². The Kier molecular flexibility index (Phi) is 7.47. The minimum atomic E-state index is -0.582. The Morgan fingerprint density at radius 2 is 1.70 bits per heavy atom. The lowest BCUT2D eigenvalue weighted by Gasteiger charge is -2.35. The second-order valence-corrected chi connectivity index (χ2v) is 9.93. The van der Waals surface area contributed by atoms with Crippen molar-refractivity contribution in [3.05, 3.63) is 42.2 Å². The number of piperazine rings is 1. The van der Waals surface area contributed by atoms with Gasteiger partial charge in [0.2, 0.25) is 11.9 Å². The van der Waals surface area contributed by atoms with E-state index in [2.05, 4.69) is 36.9 Å². The Balaban J connectivity index is 1.17. The maximum atomic E-state index is 12.9. The predicted octanol–water partition coefficient (Wildman–Crippen LogP) is 2.02. The van der Waals surface area contributed by atoms with Crippen LogP contribution in [0.15, 0.2) is 36.7 Å². The van der Waals surface area contributed by atoms with E-state index in [-0.39, 0.29) is 5.95 Å². The number of anilines is 5. The highest BCUT2D eigenvalue weighted by Gasteiger charge is 2.31. The molecule has 1 aromatic carbocycles. The van der Waals surface area contributed by atoms with Gasteiger partial charge in [0.15, 0.2) is 5.82 Å². The molecule has 13 heteroatoms. The summed E-state index contributed by atoms with van der Waals surface area (Å²) in [6.07, 6.45) is 3.32. The molecule has 0 unspecified atom stereocenters. The topological polar surface area (TPSA) is 138 Å². The van der Waals surface area contributed by atoms with E-state index in [4.69, 9.17) is 25.3 Å². The van der Waals surface area contributed by atoms with E-state index < -0.39 is 6.09 Å². The van der Waals surface area contributed by atoms with E-state index in [9.17, 15) is 4.79 Å². The molecular weight excluding hydrogens is 512 g/mol. The highest BCUT2D eigenvalue weighted by Crippen LogP contribution is 2.35. The van der Waals surface area contributed by atoms with Crippen LogP contribution in [0, 0.1) is 0 Å². The summed E-state index contributed by atoms with van der Waals surface area (Å²) in [5.41, 5.74) is 9.81. The van der Waals surface area contributed by atoms with Gasteiger partial charge >= 0.3 is 6.09 Å². The molecule has 2 saturated heterocycles. The van der Waals surface area contributed by atoms with Gasteiger partial charge in [0.25, 0.3) is 0 Å². The zero-order valence-corrected chi connectivity index (χ0v) is 22.6. The Labute approximate surface area is 232 Å². The molecule has 0 saturated carbocycles. The van der Waals surface area contributed by atoms with Crippen LogP contribution in [0.25, 0.3) is 11.3 Å². The van der Waals surface area contributed by atoms with Crippen molar-refractivity contribution in [2.45, 2.75) is 13.3 Å². The van der Waals surface area contributed by atoms with E-state index in [0.717, 1.165) is 49.5 Å². The van der Waals surface area contributed by atoms with Crippen molar-refractivity contribution < 1.29 is 14.4 Å². The number of ether oxygens (including phenoxy) is 1. The van der Waals surface area contributed by atoms with E-state index in [1.165, 1.54) is 5.06 Å². The number of nitrogens with two attached hydrogens (primary N) is 1. The molecule has 210 valence electrons. The molecule has 0 atom stereocenters. The number of nitrogens with one attached hydrogen (secondary N) is 1. The molecule has 6 rings (SSSR count). The molecule has 0 bridgehead atoms. The number of carbonyl (C=O) groups is 1. The molecule has 3 aliphatic heterocycles. The lowest BCUT2D eigenvalue weighted by Crippen LogP contribution is -2.46. The van der Waals surface area contributed by atoms with Crippen molar-refractivity contribution in [3.8, 4) is 11.3 Å². The molecule has 5 heterocycles. The monoisotopic (exact) mass is 546 g/mol. The van der Waals surface area contributed by atoms with Crippen LogP contribution in [-0.2, 0) is 16.0 Å². The third-order valence-electron chi connectivity index (χ3n) is 7.51. The minimum Gasteiger partial charge on any atom is -0.378 e. The molecule has 3 N–H and O–H groups in total. The SMILES string of the molecule is CCN1CCN(c2ccc(NC(=O)ON3CCc4c(-c5cnc(N)nc5)nc(N5CCOCC5)nc43)cc2)CC1. The number of carbonyl (C=O) groups excluding carboxylic acids is 1. The summed E-state index contributed by atoms with van der Waals surface area (Å²) in [6, 6.07) is 7.87. The lowest BCUT2D eigenvalue weighted by atomic mass is 10.1. The van der Waals surface area contributed by atoms with Gasteiger partial charge in [0.05, 0.1) is 25.5 Å². The van der Waals surface area contributed by atoms with E-state index in [1.54, 1.807) is 12.4 Å². The van der Waals surface area contributed by atoms with Crippen molar-refractivity contribution in [2.24, 2.45) is 0 Å². The summed E-state index contributed by atoms with van der Waals surface area (Å²) >= 11 is 0. The fourth-order valence-electron chi connectivity index (χ4n) is 5.23. The zero-order valence-electron chi connectivity index (χ0n) is 22.6. The van der Waals surface area contributed by atoms with Crippen LogP contribution in [0.3, 0.4) is 0 Å². The molecule has 0 spiro atoms. The number of aromatic nitrogens is 4. The second-order valence-electron chi connectivity index (χ2n) is 9.93. The van der Waals surface area contributed by atoms with Crippen LogP contribution in [0.4, 0.5) is 33.9 Å². The molecule has 13 nitrogen and oxygen atoms in total. The molecule has 3 aromatic rings. The average Bonchev–Trinajstić information content (AvgIpc) is 3.40. The smallest absolute Gasteiger partial charge is 0.378 e. The summed E-state index contributed by atoms with van der Waals surface area (Å²) in [5, 5.41) is 4.37. The van der Waals surface area contributed by atoms with Gasteiger partial charge in [-0.3, -0.25) is 5.32 Å². The maximum absolute atomic E-state index is 12.9. The van der Waals surface area contributed by atoms with Gasteiger partial charge in [-0.2, -0.15) is 10.0 Å². The molecule has 0 radical (unpaired) electrons. The largest absolute Gasteiger partial charge is 0.436 e. The number of likely N-dealkylation sites (N-methyl/N-ethyl adjacent to an activating group) is 1. The van der Waals surface area contributed by atoms with Crippen molar-refractivity contribution >= 4 is 35.2 Å². The van der Waals surface area contributed by atoms with Crippen molar-refractivity contribution in [1.82, 2.24) is 24.8 Å². The summed E-state index contributed by atoms with van der Waals surface area (Å²) in [4.78, 5) is 43.5. The van der Waals surface area contributed by atoms with Gasteiger partial charge in [-0.15, -0.1) is 0 Å². The van der Waals surface area contributed by atoms with E-state index >= 15 is 0 Å². The quantitative estimate of drug-likeness (QED) is 0.468. The number of morpholine rings is 1. The van der Waals surface area contributed by atoms with E-state index in [0.29, 0.717) is 62.4 Å². The first-order valence-corrected chi connectivity index (χ1v) is 13.7. The standard InChI is InChI=1S/C27H34N10O3/c1-2-34-9-11-35(12-10-34)21-5-3-20(4-6-21)31-27(38)40-37-8-7-22-23(19-17-29-25(28)30-18-19)32-26(33-24(22)37)36-13-15-39-16-14-36/h3-6,17-18H,2,7-16H2,1H3,(H,31,38)(H2,28,29,30). The van der Waals surface area contributed by atoms with Crippen molar-refractivity contribution in [2.75, 3.05) is 91.5 Å². The Hall–Kier alpha value is -4.23. The number of fused-ring (bicyclic) bond motifs is 1. The number of hydroxylamine groups is 1. The van der Waals surface area contributed by atoms with Crippen molar-refractivity contribution in [3.63, 3.8) is 0 Å². The fraction of sp³-hybridized carbons (Fsp3) is 0.444.